The molecule has 2 aromatic heterocycles. The Hall–Kier alpha value is -4.39. The fraction of sp³-hybridized carbons (Fsp3) is 0.240. The number of amides is 3. The summed E-state index contributed by atoms with van der Waals surface area (Å²) in [6, 6.07) is 10.9. The molecular formula is C25H21ClF3N5O5. The maximum Gasteiger partial charge on any atom is 0.376 e. The predicted octanol–water partition coefficient (Wildman–Crippen LogP) is 4.68. The van der Waals surface area contributed by atoms with E-state index >= 15 is 0 Å². The second-order valence-electron chi connectivity index (χ2n) is 8.59. The Labute approximate surface area is 225 Å². The summed E-state index contributed by atoms with van der Waals surface area (Å²) in [6.07, 6.45) is -0.448. The Kier molecular flexibility index (Phi) is 7.90. The molecule has 0 spiro atoms. The minimum atomic E-state index is -4.33. The molecule has 0 radical (unpaired) electrons. The predicted molar refractivity (Wildman–Crippen MR) is 132 cm³/mol. The molecule has 14 heteroatoms. The lowest BCUT2D eigenvalue weighted by atomic mass is 10.1. The topological polar surface area (TPSA) is 125 Å². The molecule has 3 aromatic rings. The quantitative estimate of drug-likeness (QED) is 0.384. The first-order valence-corrected chi connectivity index (χ1v) is 11.8. The van der Waals surface area contributed by atoms with E-state index in [1.54, 1.807) is 37.3 Å². The number of aromatic nitrogens is 2. The summed E-state index contributed by atoms with van der Waals surface area (Å²) in [6.45, 7) is -0.0838. The fourth-order valence-corrected chi connectivity index (χ4v) is 3.86. The van der Waals surface area contributed by atoms with Gasteiger partial charge in [-0.15, -0.1) is 0 Å². The number of rotatable bonds is 9. The Balaban J connectivity index is 1.57. The molecule has 1 atom stereocenters. The lowest BCUT2D eigenvalue weighted by Crippen LogP contribution is -2.61. The van der Waals surface area contributed by atoms with Crippen LogP contribution in [0.15, 0.2) is 54.7 Å². The molecule has 3 amide bonds. The average molecular weight is 564 g/mol. The van der Waals surface area contributed by atoms with E-state index < -0.39 is 48.8 Å². The third-order valence-corrected chi connectivity index (χ3v) is 5.98. The van der Waals surface area contributed by atoms with E-state index in [-0.39, 0.29) is 23.1 Å². The molecule has 1 unspecified atom stereocenters. The first-order valence-electron chi connectivity index (χ1n) is 11.4. The highest BCUT2D eigenvalue weighted by Crippen LogP contribution is 2.28. The maximum absolute atomic E-state index is 13.9. The van der Waals surface area contributed by atoms with E-state index in [2.05, 4.69) is 15.3 Å². The number of urea groups is 1. The molecule has 1 aliphatic rings. The summed E-state index contributed by atoms with van der Waals surface area (Å²) in [4.78, 5) is 46.4. The summed E-state index contributed by atoms with van der Waals surface area (Å²) in [5, 5.41) is 12.2. The number of carbonyl (C=O) groups is 3. The summed E-state index contributed by atoms with van der Waals surface area (Å²) in [5.74, 6) is -7.60. The SMILES string of the molecule is Cc1nc(NC2CC(=O)N(CC(F)(F)C(=O)O)C(=O)N2Cc2ccc(Cl)cc2)ccc1Oc1ccc(F)cn1. The monoisotopic (exact) mass is 563 g/mol. The molecule has 1 aromatic carbocycles. The molecule has 2 N–H and O–H groups in total. The Morgan fingerprint density at radius 2 is 1.90 bits per heavy atom. The van der Waals surface area contributed by atoms with E-state index in [1.165, 1.54) is 18.2 Å². The van der Waals surface area contributed by atoms with E-state index in [0.29, 0.717) is 22.0 Å². The first kappa shape index (κ1) is 27.6. The molecule has 204 valence electrons. The van der Waals surface area contributed by atoms with Gasteiger partial charge >= 0.3 is 17.9 Å². The number of carbonyl (C=O) groups excluding carboxylic acids is 2. The van der Waals surface area contributed by atoms with Gasteiger partial charge in [-0.3, -0.25) is 14.6 Å². The number of ether oxygens (including phenoxy) is 1. The van der Waals surface area contributed by atoms with Crippen molar-refractivity contribution in [1.29, 1.82) is 0 Å². The van der Waals surface area contributed by atoms with Crippen molar-refractivity contribution in [2.24, 2.45) is 0 Å². The van der Waals surface area contributed by atoms with E-state index in [9.17, 15) is 27.6 Å². The van der Waals surface area contributed by atoms with Gasteiger partial charge in [0.05, 0.1) is 18.3 Å². The van der Waals surface area contributed by atoms with Crippen molar-refractivity contribution < 1.29 is 37.4 Å². The van der Waals surface area contributed by atoms with Crippen LogP contribution in [-0.2, 0) is 16.1 Å². The molecule has 1 fully saturated rings. The van der Waals surface area contributed by atoms with Gasteiger partial charge in [0.2, 0.25) is 11.8 Å². The molecule has 0 aliphatic carbocycles. The molecule has 4 rings (SSSR count). The molecule has 1 saturated heterocycles. The summed E-state index contributed by atoms with van der Waals surface area (Å²) >= 11 is 5.93. The van der Waals surface area contributed by atoms with Crippen molar-refractivity contribution in [2.45, 2.75) is 32.0 Å². The summed E-state index contributed by atoms with van der Waals surface area (Å²) in [5.41, 5.74) is 0.977. The number of hydrogen-bond donors (Lipinski definition) is 2. The van der Waals surface area contributed by atoms with Crippen molar-refractivity contribution >= 4 is 35.3 Å². The number of carboxylic acids is 1. The van der Waals surface area contributed by atoms with Crippen LogP contribution in [0.25, 0.3) is 0 Å². The zero-order valence-electron chi connectivity index (χ0n) is 20.3. The zero-order chi connectivity index (χ0) is 28.3. The smallest absolute Gasteiger partial charge is 0.376 e. The largest absolute Gasteiger partial charge is 0.477 e. The van der Waals surface area contributed by atoms with Crippen LogP contribution in [0, 0.1) is 12.7 Å². The molecule has 3 heterocycles. The van der Waals surface area contributed by atoms with Crippen molar-refractivity contribution in [1.82, 2.24) is 19.8 Å². The van der Waals surface area contributed by atoms with Crippen molar-refractivity contribution in [3.63, 3.8) is 0 Å². The average Bonchev–Trinajstić information content (AvgIpc) is 2.88. The number of anilines is 1. The number of benzene rings is 1. The van der Waals surface area contributed by atoms with Gasteiger partial charge in [-0.2, -0.15) is 8.78 Å². The van der Waals surface area contributed by atoms with E-state index in [0.717, 1.165) is 11.1 Å². The number of pyridine rings is 2. The van der Waals surface area contributed by atoms with Crippen molar-refractivity contribution in [3.8, 4) is 11.6 Å². The van der Waals surface area contributed by atoms with Gasteiger partial charge in [0.15, 0.2) is 5.75 Å². The fourth-order valence-electron chi connectivity index (χ4n) is 3.74. The number of nitrogens with zero attached hydrogens (tertiary/aromatic N) is 4. The number of nitrogens with one attached hydrogen (secondary N) is 1. The number of carboxylic acid groups (broad SMARTS) is 1. The highest BCUT2D eigenvalue weighted by Gasteiger charge is 2.48. The van der Waals surface area contributed by atoms with Gasteiger partial charge in [-0.25, -0.2) is 23.9 Å². The van der Waals surface area contributed by atoms with Gasteiger partial charge in [0.25, 0.3) is 0 Å². The van der Waals surface area contributed by atoms with Gasteiger partial charge in [0.1, 0.15) is 24.3 Å². The summed E-state index contributed by atoms with van der Waals surface area (Å²) < 4.78 is 46.6. The Morgan fingerprint density at radius 1 is 1.18 bits per heavy atom. The second kappa shape index (κ2) is 11.2. The van der Waals surface area contributed by atoms with Crippen LogP contribution in [0.4, 0.5) is 23.8 Å². The molecular weight excluding hydrogens is 543 g/mol. The number of hydrogen-bond acceptors (Lipinski definition) is 7. The molecule has 1 aliphatic heterocycles. The molecule has 39 heavy (non-hydrogen) atoms. The van der Waals surface area contributed by atoms with E-state index in [4.69, 9.17) is 21.4 Å². The molecule has 0 bridgehead atoms. The van der Waals surface area contributed by atoms with Gasteiger partial charge in [0, 0.05) is 17.6 Å². The van der Waals surface area contributed by atoms with Gasteiger partial charge in [-0.1, -0.05) is 23.7 Å². The van der Waals surface area contributed by atoms with Crippen LogP contribution < -0.4 is 10.1 Å². The number of alkyl halides is 2. The van der Waals surface area contributed by atoms with E-state index in [1.807, 2.05) is 0 Å². The Bertz CT molecular complexity index is 1390. The van der Waals surface area contributed by atoms with Crippen molar-refractivity contribution in [2.75, 3.05) is 11.9 Å². The van der Waals surface area contributed by atoms with Crippen LogP contribution in [0.3, 0.4) is 0 Å². The molecule has 10 nitrogen and oxygen atoms in total. The highest BCUT2D eigenvalue weighted by atomic mass is 35.5. The van der Waals surface area contributed by atoms with Gasteiger partial charge < -0.3 is 15.2 Å². The first-order chi connectivity index (χ1) is 18.4. The van der Waals surface area contributed by atoms with Crippen LogP contribution in [0.2, 0.25) is 5.02 Å². The highest BCUT2D eigenvalue weighted by molar-refractivity contribution is 6.30. The van der Waals surface area contributed by atoms with Crippen LogP contribution in [0.5, 0.6) is 11.6 Å². The third-order valence-electron chi connectivity index (χ3n) is 5.72. The van der Waals surface area contributed by atoms with Crippen LogP contribution in [-0.4, -0.2) is 61.4 Å². The number of aryl methyl sites for hydroxylation is 1. The minimum absolute atomic E-state index is 0.105. The Morgan fingerprint density at radius 3 is 2.51 bits per heavy atom. The molecule has 0 saturated carbocycles. The number of imide groups is 1. The summed E-state index contributed by atoms with van der Waals surface area (Å²) in [7, 11) is 0. The third kappa shape index (κ3) is 6.55. The normalized spacial score (nSPS) is 15.9. The minimum Gasteiger partial charge on any atom is -0.477 e. The lowest BCUT2D eigenvalue weighted by Gasteiger charge is -2.41. The maximum atomic E-state index is 13.9. The number of aliphatic carboxylic acids is 1. The van der Waals surface area contributed by atoms with Gasteiger partial charge in [-0.05, 0) is 42.8 Å². The standard InChI is InChI=1S/C25H21ClF3N5O5/c1-14-18(39-21-9-6-17(27)11-30-21)7-8-19(31-14)32-20-10-22(35)34(13-25(28,29)23(36)37)24(38)33(20)12-15-2-4-16(26)5-3-15/h2-9,11,20H,10,12-13H2,1H3,(H,31,32)(H,36,37). The lowest BCUT2D eigenvalue weighted by molar-refractivity contribution is -0.168. The second-order valence-corrected chi connectivity index (χ2v) is 9.02. The van der Waals surface area contributed by atoms with Crippen LogP contribution >= 0.6 is 11.6 Å². The van der Waals surface area contributed by atoms with Crippen LogP contribution in [0.1, 0.15) is 17.7 Å². The van der Waals surface area contributed by atoms with Crippen molar-refractivity contribution in [3.05, 3.63) is 76.8 Å². The zero-order valence-corrected chi connectivity index (χ0v) is 21.0. The number of halogens is 4.